The van der Waals surface area contributed by atoms with Crippen molar-refractivity contribution in [2.75, 3.05) is 11.4 Å². The molecule has 0 unspecified atom stereocenters. The Morgan fingerprint density at radius 1 is 1.17 bits per heavy atom. The van der Waals surface area contributed by atoms with Crippen LogP contribution in [-0.2, 0) is 20.8 Å². The van der Waals surface area contributed by atoms with Crippen LogP contribution in [0.1, 0.15) is 25.8 Å². The standard InChI is InChI=1S/C22H24FN3O4/c1-3-15-8-10-17(11-9-15)26-13-16(12-20(26)27)22(29)25-24-21(28)14(2)30-19-7-5-4-6-18(19)23/h4-11,14,16H,3,12-13H2,1-2H3,(H,24,28)(H,25,29)/t14-,16+/m0/s1. The molecule has 0 aliphatic carbocycles. The number of para-hydroxylation sites is 1. The van der Waals surface area contributed by atoms with Crippen LogP contribution in [0.2, 0.25) is 0 Å². The van der Waals surface area contributed by atoms with Crippen LogP contribution in [0, 0.1) is 11.7 Å². The maximum atomic E-state index is 13.6. The van der Waals surface area contributed by atoms with Crippen LogP contribution in [0.25, 0.3) is 0 Å². The zero-order valence-electron chi connectivity index (χ0n) is 16.9. The average Bonchev–Trinajstić information content (AvgIpc) is 3.15. The molecule has 0 aromatic heterocycles. The average molecular weight is 413 g/mol. The maximum absolute atomic E-state index is 13.6. The molecule has 2 atom stereocenters. The molecule has 1 saturated heterocycles. The lowest BCUT2D eigenvalue weighted by Crippen LogP contribution is -2.49. The third kappa shape index (κ3) is 4.94. The van der Waals surface area contributed by atoms with Crippen LogP contribution in [0.4, 0.5) is 10.1 Å². The summed E-state index contributed by atoms with van der Waals surface area (Å²) in [5.74, 6) is -2.49. The lowest BCUT2D eigenvalue weighted by molar-refractivity contribution is -0.134. The largest absolute Gasteiger partial charge is 0.478 e. The summed E-state index contributed by atoms with van der Waals surface area (Å²) in [6, 6.07) is 13.4. The first-order valence-corrected chi connectivity index (χ1v) is 9.79. The third-order valence-corrected chi connectivity index (χ3v) is 4.97. The minimum atomic E-state index is -1.03. The zero-order chi connectivity index (χ0) is 21.7. The van der Waals surface area contributed by atoms with E-state index in [1.54, 1.807) is 11.0 Å². The molecular weight excluding hydrogens is 389 g/mol. The van der Waals surface area contributed by atoms with Crippen molar-refractivity contribution in [1.82, 2.24) is 10.9 Å². The molecule has 1 aliphatic heterocycles. The molecule has 3 rings (SSSR count). The van der Waals surface area contributed by atoms with Gasteiger partial charge >= 0.3 is 0 Å². The van der Waals surface area contributed by atoms with Crippen molar-refractivity contribution in [3.8, 4) is 5.75 Å². The Kier molecular flexibility index (Phi) is 6.66. The van der Waals surface area contributed by atoms with Crippen molar-refractivity contribution in [2.24, 2.45) is 5.92 Å². The fourth-order valence-electron chi connectivity index (χ4n) is 3.16. The number of amides is 3. The number of hydrogen-bond donors (Lipinski definition) is 2. The van der Waals surface area contributed by atoms with Gasteiger partial charge < -0.3 is 9.64 Å². The normalized spacial score (nSPS) is 16.8. The lowest BCUT2D eigenvalue weighted by atomic mass is 10.1. The van der Waals surface area contributed by atoms with Gasteiger partial charge in [0, 0.05) is 18.7 Å². The number of nitrogens with one attached hydrogen (secondary N) is 2. The number of rotatable bonds is 6. The van der Waals surface area contributed by atoms with Gasteiger partial charge in [-0.25, -0.2) is 4.39 Å². The van der Waals surface area contributed by atoms with Crippen LogP contribution in [0.15, 0.2) is 48.5 Å². The van der Waals surface area contributed by atoms with E-state index in [1.165, 1.54) is 25.1 Å². The van der Waals surface area contributed by atoms with Gasteiger partial charge in [-0.05, 0) is 43.2 Å². The summed E-state index contributed by atoms with van der Waals surface area (Å²) in [7, 11) is 0. The second-order valence-electron chi connectivity index (χ2n) is 7.09. The van der Waals surface area contributed by atoms with Crippen molar-refractivity contribution >= 4 is 23.4 Å². The molecule has 1 fully saturated rings. The molecule has 0 radical (unpaired) electrons. The van der Waals surface area contributed by atoms with E-state index in [-0.39, 0.29) is 24.6 Å². The number of anilines is 1. The fourth-order valence-corrected chi connectivity index (χ4v) is 3.16. The molecule has 2 aromatic rings. The van der Waals surface area contributed by atoms with Crippen molar-refractivity contribution in [1.29, 1.82) is 0 Å². The SMILES string of the molecule is CCc1ccc(N2C[C@H](C(=O)NNC(=O)[C@H](C)Oc3ccccc3F)CC2=O)cc1. The highest BCUT2D eigenvalue weighted by atomic mass is 19.1. The minimum absolute atomic E-state index is 0.0541. The predicted molar refractivity (Wildman–Crippen MR) is 109 cm³/mol. The summed E-state index contributed by atoms with van der Waals surface area (Å²) >= 11 is 0. The van der Waals surface area contributed by atoms with Gasteiger partial charge in [-0.3, -0.25) is 25.2 Å². The zero-order valence-corrected chi connectivity index (χ0v) is 16.9. The Bertz CT molecular complexity index is 932. The summed E-state index contributed by atoms with van der Waals surface area (Å²) < 4.78 is 18.9. The Morgan fingerprint density at radius 2 is 1.87 bits per heavy atom. The second kappa shape index (κ2) is 9.39. The van der Waals surface area contributed by atoms with Crippen LogP contribution >= 0.6 is 0 Å². The van der Waals surface area contributed by atoms with Crippen molar-refractivity contribution in [3.63, 3.8) is 0 Å². The van der Waals surface area contributed by atoms with Gasteiger partial charge in [-0.2, -0.15) is 0 Å². The summed E-state index contributed by atoms with van der Waals surface area (Å²) in [5, 5.41) is 0. The van der Waals surface area contributed by atoms with Gasteiger partial charge in [-0.1, -0.05) is 31.2 Å². The van der Waals surface area contributed by atoms with Gasteiger partial charge in [0.1, 0.15) is 0 Å². The molecule has 30 heavy (non-hydrogen) atoms. The number of nitrogens with zero attached hydrogens (tertiary/aromatic N) is 1. The van der Waals surface area contributed by atoms with E-state index in [2.05, 4.69) is 10.9 Å². The highest BCUT2D eigenvalue weighted by molar-refractivity contribution is 6.00. The van der Waals surface area contributed by atoms with Gasteiger partial charge in [0.05, 0.1) is 5.92 Å². The molecule has 1 heterocycles. The van der Waals surface area contributed by atoms with Gasteiger partial charge in [-0.15, -0.1) is 0 Å². The fraction of sp³-hybridized carbons (Fsp3) is 0.318. The molecule has 2 aromatic carbocycles. The molecule has 3 amide bonds. The molecule has 7 nitrogen and oxygen atoms in total. The van der Waals surface area contributed by atoms with Crippen LogP contribution in [0.5, 0.6) is 5.75 Å². The number of carbonyl (C=O) groups is 3. The lowest BCUT2D eigenvalue weighted by Gasteiger charge is -2.18. The number of aryl methyl sites for hydroxylation is 1. The molecule has 0 bridgehead atoms. The summed E-state index contributed by atoms with van der Waals surface area (Å²) in [6.07, 6.45) is -0.0720. The highest BCUT2D eigenvalue weighted by Gasteiger charge is 2.35. The number of benzene rings is 2. The third-order valence-electron chi connectivity index (χ3n) is 4.97. The summed E-state index contributed by atoms with van der Waals surface area (Å²) in [4.78, 5) is 38.4. The van der Waals surface area contributed by atoms with Crippen LogP contribution < -0.4 is 20.5 Å². The smallest absolute Gasteiger partial charge is 0.279 e. The van der Waals surface area contributed by atoms with E-state index < -0.39 is 29.7 Å². The van der Waals surface area contributed by atoms with E-state index in [4.69, 9.17) is 4.74 Å². The first-order valence-electron chi connectivity index (χ1n) is 9.79. The van der Waals surface area contributed by atoms with Crippen molar-refractivity contribution in [2.45, 2.75) is 32.8 Å². The molecular formula is C22H24FN3O4. The van der Waals surface area contributed by atoms with Crippen LogP contribution in [0.3, 0.4) is 0 Å². The van der Waals surface area contributed by atoms with E-state index in [1.807, 2.05) is 31.2 Å². The van der Waals surface area contributed by atoms with Crippen LogP contribution in [-0.4, -0.2) is 30.4 Å². The molecule has 0 spiro atoms. The maximum Gasteiger partial charge on any atom is 0.279 e. The van der Waals surface area contributed by atoms with Gasteiger partial charge in [0.2, 0.25) is 11.8 Å². The van der Waals surface area contributed by atoms with Gasteiger partial charge in [0.25, 0.3) is 5.91 Å². The monoisotopic (exact) mass is 413 g/mol. The molecule has 158 valence electrons. The molecule has 1 aliphatic rings. The first kappa shape index (κ1) is 21.3. The Morgan fingerprint density at radius 3 is 2.53 bits per heavy atom. The van der Waals surface area contributed by atoms with Gasteiger partial charge in [0.15, 0.2) is 17.7 Å². The number of carbonyl (C=O) groups excluding carboxylic acids is 3. The molecule has 8 heteroatoms. The number of halogens is 1. The molecule has 2 N–H and O–H groups in total. The predicted octanol–water partition coefficient (Wildman–Crippen LogP) is 2.36. The highest BCUT2D eigenvalue weighted by Crippen LogP contribution is 2.25. The van der Waals surface area contributed by atoms with Crippen molar-refractivity contribution < 1.29 is 23.5 Å². The summed E-state index contributed by atoms with van der Waals surface area (Å²) in [5.41, 5.74) is 6.49. The molecule has 0 saturated carbocycles. The Hall–Kier alpha value is -3.42. The number of hydrogen-bond acceptors (Lipinski definition) is 4. The first-order chi connectivity index (χ1) is 14.4. The van der Waals surface area contributed by atoms with E-state index in [9.17, 15) is 18.8 Å². The van der Waals surface area contributed by atoms with E-state index >= 15 is 0 Å². The Balaban J connectivity index is 1.51. The number of ether oxygens (including phenoxy) is 1. The minimum Gasteiger partial charge on any atom is -0.478 e. The van der Waals surface area contributed by atoms with E-state index in [0.717, 1.165) is 17.7 Å². The summed E-state index contributed by atoms with van der Waals surface area (Å²) in [6.45, 7) is 3.72. The quantitative estimate of drug-likeness (QED) is 0.712. The number of hydrazine groups is 1. The topological polar surface area (TPSA) is 87.7 Å². The van der Waals surface area contributed by atoms with E-state index in [0.29, 0.717) is 0 Å². The Labute approximate surface area is 174 Å². The second-order valence-corrected chi connectivity index (χ2v) is 7.09. The van der Waals surface area contributed by atoms with Crippen molar-refractivity contribution in [3.05, 3.63) is 59.9 Å².